The Morgan fingerprint density at radius 3 is 3.00 bits per heavy atom. The predicted molar refractivity (Wildman–Crippen MR) is 74.9 cm³/mol. The van der Waals surface area contributed by atoms with Crippen LogP contribution in [0.5, 0.6) is 0 Å². The quantitative estimate of drug-likeness (QED) is 0.435. The fraction of sp³-hybridized carbons (Fsp3) is 0.643. The summed E-state index contributed by atoms with van der Waals surface area (Å²) < 4.78 is 5.41. The molecule has 0 aliphatic carbocycles. The number of aryl methyl sites for hydroxylation is 1. The van der Waals surface area contributed by atoms with Crippen molar-refractivity contribution in [3.63, 3.8) is 0 Å². The average molecular weight is 281 g/mol. The molecule has 2 rings (SSSR count). The number of nitrogens with zero attached hydrogens (tertiary/aromatic N) is 1. The average Bonchev–Trinajstić information content (AvgIpc) is 2.66. The number of carbonyl (C=O) groups is 1. The number of hydrogen-bond donors (Lipinski definition) is 3. The number of furan rings is 1. The van der Waals surface area contributed by atoms with Gasteiger partial charge in [0.25, 0.3) is 0 Å². The van der Waals surface area contributed by atoms with E-state index in [2.05, 4.69) is 10.3 Å². The number of hydrogen-bond acceptors (Lipinski definition) is 5. The van der Waals surface area contributed by atoms with Gasteiger partial charge in [-0.15, -0.1) is 0 Å². The molecule has 1 aromatic rings. The van der Waals surface area contributed by atoms with Crippen molar-refractivity contribution in [3.8, 4) is 0 Å². The second kappa shape index (κ2) is 5.95. The van der Waals surface area contributed by atoms with Crippen LogP contribution >= 0.6 is 0 Å². The summed E-state index contributed by atoms with van der Waals surface area (Å²) in [6.07, 6.45) is 2.56. The van der Waals surface area contributed by atoms with E-state index in [4.69, 9.17) is 10.3 Å². The van der Waals surface area contributed by atoms with E-state index in [9.17, 15) is 9.90 Å². The van der Waals surface area contributed by atoms with Crippen LogP contribution in [-0.2, 0) is 6.54 Å². The molecule has 20 heavy (non-hydrogen) atoms. The Morgan fingerprint density at radius 2 is 2.30 bits per heavy atom. The zero-order valence-electron chi connectivity index (χ0n) is 12.1. The molecular formula is C14H23N3O3. The van der Waals surface area contributed by atoms with Crippen molar-refractivity contribution < 1.29 is 14.3 Å². The molecular weight excluding hydrogens is 258 g/mol. The minimum absolute atomic E-state index is 0.238. The lowest BCUT2D eigenvalue weighted by atomic mass is 9.98. The third-order valence-electron chi connectivity index (χ3n) is 3.93. The highest BCUT2D eigenvalue weighted by Gasteiger charge is 2.25. The molecule has 2 heterocycles. The van der Waals surface area contributed by atoms with E-state index in [1.54, 1.807) is 6.07 Å². The van der Waals surface area contributed by atoms with Gasteiger partial charge in [0, 0.05) is 18.7 Å². The summed E-state index contributed by atoms with van der Waals surface area (Å²) in [7, 11) is 0. The van der Waals surface area contributed by atoms with Crippen LogP contribution in [0.4, 0.5) is 0 Å². The van der Waals surface area contributed by atoms with Gasteiger partial charge in [0.1, 0.15) is 5.76 Å². The first kappa shape index (κ1) is 15.0. The van der Waals surface area contributed by atoms with Gasteiger partial charge in [-0.25, -0.2) is 5.84 Å². The maximum atomic E-state index is 11.4. The minimum atomic E-state index is -0.565. The molecule has 1 aliphatic heterocycles. The molecule has 0 bridgehead atoms. The second-order valence-corrected chi connectivity index (χ2v) is 5.79. The highest BCUT2D eigenvalue weighted by Crippen LogP contribution is 2.24. The molecule has 6 nitrogen and oxygen atoms in total. The molecule has 1 atom stereocenters. The van der Waals surface area contributed by atoms with Crippen LogP contribution in [-0.4, -0.2) is 34.6 Å². The fourth-order valence-electron chi connectivity index (χ4n) is 2.58. The molecule has 1 fully saturated rings. The molecule has 0 spiro atoms. The highest BCUT2D eigenvalue weighted by atomic mass is 16.4. The van der Waals surface area contributed by atoms with Gasteiger partial charge in [-0.1, -0.05) is 0 Å². The summed E-state index contributed by atoms with van der Waals surface area (Å²) in [6, 6.07) is 1.74. The number of rotatable bonds is 3. The van der Waals surface area contributed by atoms with Crippen LogP contribution in [0, 0.1) is 6.92 Å². The summed E-state index contributed by atoms with van der Waals surface area (Å²) in [6.45, 7) is 6.25. The van der Waals surface area contributed by atoms with Crippen molar-refractivity contribution in [2.45, 2.75) is 45.3 Å². The highest BCUT2D eigenvalue weighted by molar-refractivity contribution is 5.91. The molecule has 1 aromatic heterocycles. The van der Waals surface area contributed by atoms with Crippen LogP contribution in [0.2, 0.25) is 0 Å². The Morgan fingerprint density at radius 1 is 1.55 bits per heavy atom. The monoisotopic (exact) mass is 281 g/mol. The molecule has 1 saturated heterocycles. The Labute approximate surface area is 118 Å². The first-order valence-electron chi connectivity index (χ1n) is 6.96. The molecule has 0 aromatic carbocycles. The van der Waals surface area contributed by atoms with Crippen molar-refractivity contribution in [2.24, 2.45) is 5.84 Å². The second-order valence-electron chi connectivity index (χ2n) is 5.79. The first-order valence-corrected chi connectivity index (χ1v) is 6.96. The van der Waals surface area contributed by atoms with Gasteiger partial charge in [0.2, 0.25) is 0 Å². The van der Waals surface area contributed by atoms with Gasteiger partial charge in [-0.05, 0) is 45.7 Å². The van der Waals surface area contributed by atoms with E-state index < -0.39 is 11.5 Å². The third-order valence-corrected chi connectivity index (χ3v) is 3.93. The van der Waals surface area contributed by atoms with Gasteiger partial charge in [0.05, 0.1) is 5.60 Å². The lowest BCUT2D eigenvalue weighted by molar-refractivity contribution is 0.0444. The number of likely N-dealkylation sites (tertiary alicyclic amines) is 1. The van der Waals surface area contributed by atoms with Crippen LogP contribution in [0.15, 0.2) is 10.5 Å². The predicted octanol–water partition coefficient (Wildman–Crippen LogP) is 0.928. The molecule has 6 heteroatoms. The van der Waals surface area contributed by atoms with Gasteiger partial charge in [-0.2, -0.15) is 0 Å². The molecule has 0 radical (unpaired) electrons. The number of amides is 1. The van der Waals surface area contributed by atoms with E-state index in [0.29, 0.717) is 0 Å². The fourth-order valence-corrected chi connectivity index (χ4v) is 2.58. The van der Waals surface area contributed by atoms with Gasteiger partial charge < -0.3 is 9.52 Å². The van der Waals surface area contributed by atoms with Crippen LogP contribution in [0.3, 0.4) is 0 Å². The summed E-state index contributed by atoms with van der Waals surface area (Å²) in [4.78, 5) is 13.7. The molecule has 112 valence electrons. The molecule has 1 amide bonds. The summed E-state index contributed by atoms with van der Waals surface area (Å²) >= 11 is 0. The van der Waals surface area contributed by atoms with E-state index in [-0.39, 0.29) is 5.76 Å². The minimum Gasteiger partial charge on any atom is -0.456 e. The van der Waals surface area contributed by atoms with Gasteiger partial charge in [0.15, 0.2) is 5.76 Å². The Balaban J connectivity index is 2.03. The van der Waals surface area contributed by atoms with Crippen molar-refractivity contribution in [1.82, 2.24) is 10.3 Å². The lowest BCUT2D eigenvalue weighted by Gasteiger charge is -2.22. The summed E-state index contributed by atoms with van der Waals surface area (Å²) in [5, 5.41) is 10.1. The zero-order chi connectivity index (χ0) is 14.8. The van der Waals surface area contributed by atoms with E-state index in [0.717, 1.165) is 50.2 Å². The van der Waals surface area contributed by atoms with Crippen LogP contribution in [0.25, 0.3) is 0 Å². The summed E-state index contributed by atoms with van der Waals surface area (Å²) in [5.41, 5.74) is 2.49. The first-order chi connectivity index (χ1) is 9.41. The van der Waals surface area contributed by atoms with Gasteiger partial charge in [-0.3, -0.25) is 15.1 Å². The van der Waals surface area contributed by atoms with Gasteiger partial charge >= 0.3 is 5.91 Å². The van der Waals surface area contributed by atoms with E-state index >= 15 is 0 Å². The van der Waals surface area contributed by atoms with E-state index in [1.165, 1.54) is 0 Å². The number of nitrogens with two attached hydrogens (primary N) is 1. The SMILES string of the molecule is Cc1oc(C(=O)NN)cc1CN1CCCC(C)(O)CC1. The van der Waals surface area contributed by atoms with Crippen LogP contribution < -0.4 is 11.3 Å². The van der Waals surface area contributed by atoms with Crippen molar-refractivity contribution in [1.29, 1.82) is 0 Å². The molecule has 4 N–H and O–H groups in total. The lowest BCUT2D eigenvalue weighted by Crippen LogP contribution is -2.29. The number of hydrazine groups is 1. The topological polar surface area (TPSA) is 91.7 Å². The smallest absolute Gasteiger partial charge is 0.300 e. The maximum absolute atomic E-state index is 11.4. The number of carbonyl (C=O) groups excluding carboxylic acids is 1. The van der Waals surface area contributed by atoms with Crippen molar-refractivity contribution in [3.05, 3.63) is 23.2 Å². The third kappa shape index (κ3) is 3.59. The number of nitrogens with one attached hydrogen (secondary N) is 1. The number of aliphatic hydroxyl groups is 1. The maximum Gasteiger partial charge on any atom is 0.300 e. The largest absolute Gasteiger partial charge is 0.456 e. The molecule has 1 aliphatic rings. The van der Waals surface area contributed by atoms with Crippen LogP contribution in [0.1, 0.15) is 48.1 Å². The van der Waals surface area contributed by atoms with Crippen molar-refractivity contribution in [2.75, 3.05) is 13.1 Å². The molecule has 0 saturated carbocycles. The standard InChI is InChI=1S/C14H23N3O3/c1-10-11(8-12(20-10)13(18)16-15)9-17-6-3-4-14(2,19)5-7-17/h8,19H,3-7,9,15H2,1-2H3,(H,16,18). The summed E-state index contributed by atoms with van der Waals surface area (Å²) in [5.74, 6) is 5.66. The normalized spacial score (nSPS) is 24.4. The van der Waals surface area contributed by atoms with Crippen molar-refractivity contribution >= 4 is 5.91 Å². The Kier molecular flexibility index (Phi) is 4.47. The zero-order valence-corrected chi connectivity index (χ0v) is 12.1. The Bertz CT molecular complexity index is 482. The molecule has 1 unspecified atom stereocenters. The number of nitrogen functional groups attached to an aromatic ring is 1. The Hall–Kier alpha value is -1.37. The van der Waals surface area contributed by atoms with E-state index in [1.807, 2.05) is 13.8 Å².